The lowest BCUT2D eigenvalue weighted by atomic mass is 10.1. The molecule has 0 saturated heterocycles. The van der Waals surface area contributed by atoms with E-state index >= 15 is 0 Å². The van der Waals surface area contributed by atoms with Crippen LogP contribution in [0.15, 0.2) is 24.3 Å². The van der Waals surface area contributed by atoms with Crippen LogP contribution in [0.3, 0.4) is 0 Å². The van der Waals surface area contributed by atoms with Crippen molar-refractivity contribution in [1.29, 1.82) is 0 Å². The highest BCUT2D eigenvalue weighted by molar-refractivity contribution is 7.80. The van der Waals surface area contributed by atoms with Gasteiger partial charge in [0.25, 0.3) is 0 Å². The van der Waals surface area contributed by atoms with Gasteiger partial charge in [0.2, 0.25) is 0 Å². The van der Waals surface area contributed by atoms with Crippen LogP contribution >= 0.6 is 12.2 Å². The molecule has 0 unspecified atom stereocenters. The molecular weight excluding hydrogens is 204 g/mol. The number of thiocarbonyl (C=S) groups is 1. The SMILES string of the molecule is Cc1ccc(C(=S)OCCC(C)C)cc1. The maximum Gasteiger partial charge on any atom is 0.191 e. The van der Waals surface area contributed by atoms with Gasteiger partial charge in [-0.1, -0.05) is 43.7 Å². The predicted molar refractivity (Wildman–Crippen MR) is 68.3 cm³/mol. The van der Waals surface area contributed by atoms with Gasteiger partial charge in [-0.05, 0) is 31.5 Å². The summed E-state index contributed by atoms with van der Waals surface area (Å²) in [4.78, 5) is 0. The molecule has 0 amide bonds. The van der Waals surface area contributed by atoms with Crippen LogP contribution in [0, 0.1) is 12.8 Å². The Hall–Kier alpha value is -0.890. The second-order valence-corrected chi connectivity index (χ2v) is 4.56. The Bertz CT molecular complexity index is 314. The Balaban J connectivity index is 2.43. The predicted octanol–water partition coefficient (Wildman–Crippen LogP) is 3.73. The maximum atomic E-state index is 5.51. The number of hydrogen-bond acceptors (Lipinski definition) is 2. The van der Waals surface area contributed by atoms with Gasteiger partial charge in [-0.3, -0.25) is 0 Å². The third kappa shape index (κ3) is 4.43. The number of rotatable bonds is 4. The van der Waals surface area contributed by atoms with Crippen molar-refractivity contribution in [1.82, 2.24) is 0 Å². The summed E-state index contributed by atoms with van der Waals surface area (Å²) in [7, 11) is 0. The summed E-state index contributed by atoms with van der Waals surface area (Å²) in [6, 6.07) is 8.11. The molecule has 1 aromatic carbocycles. The van der Waals surface area contributed by atoms with Crippen LogP contribution < -0.4 is 0 Å². The summed E-state index contributed by atoms with van der Waals surface area (Å²) in [5.74, 6) is 0.658. The van der Waals surface area contributed by atoms with Gasteiger partial charge in [0, 0.05) is 5.56 Å². The van der Waals surface area contributed by atoms with Crippen molar-refractivity contribution in [3.8, 4) is 0 Å². The molecule has 0 aliphatic carbocycles. The summed E-state index contributed by atoms with van der Waals surface area (Å²) in [6.07, 6.45) is 1.05. The normalized spacial score (nSPS) is 10.4. The summed E-state index contributed by atoms with van der Waals surface area (Å²) in [5, 5.41) is 0.607. The van der Waals surface area contributed by atoms with Gasteiger partial charge in [0.05, 0.1) is 6.61 Å². The molecule has 1 rings (SSSR count). The zero-order valence-electron chi connectivity index (χ0n) is 9.62. The highest BCUT2D eigenvalue weighted by atomic mass is 32.1. The van der Waals surface area contributed by atoms with E-state index < -0.39 is 0 Å². The van der Waals surface area contributed by atoms with E-state index in [4.69, 9.17) is 17.0 Å². The molecule has 0 aromatic heterocycles. The molecule has 0 radical (unpaired) electrons. The third-order valence-electron chi connectivity index (χ3n) is 2.22. The van der Waals surface area contributed by atoms with Crippen LogP contribution in [0.1, 0.15) is 31.4 Å². The summed E-state index contributed by atoms with van der Waals surface area (Å²) >= 11 is 5.19. The smallest absolute Gasteiger partial charge is 0.191 e. The molecule has 0 saturated carbocycles. The first-order chi connectivity index (χ1) is 7.09. The summed E-state index contributed by atoms with van der Waals surface area (Å²) in [6.45, 7) is 7.13. The number of benzene rings is 1. The molecule has 1 aromatic rings. The molecular formula is C13H18OS. The second-order valence-electron chi connectivity index (χ2n) is 4.18. The van der Waals surface area contributed by atoms with Crippen molar-refractivity contribution >= 4 is 17.3 Å². The fourth-order valence-electron chi connectivity index (χ4n) is 1.16. The van der Waals surface area contributed by atoms with Crippen molar-refractivity contribution in [3.63, 3.8) is 0 Å². The van der Waals surface area contributed by atoms with E-state index in [-0.39, 0.29) is 0 Å². The zero-order chi connectivity index (χ0) is 11.3. The van der Waals surface area contributed by atoms with Crippen molar-refractivity contribution in [2.75, 3.05) is 6.61 Å². The fraction of sp³-hybridized carbons (Fsp3) is 0.462. The first kappa shape index (κ1) is 12.2. The lowest BCUT2D eigenvalue weighted by molar-refractivity contribution is 0.285. The van der Waals surface area contributed by atoms with Crippen LogP contribution in [-0.2, 0) is 4.74 Å². The topological polar surface area (TPSA) is 9.23 Å². The van der Waals surface area contributed by atoms with Gasteiger partial charge in [0.15, 0.2) is 5.05 Å². The number of ether oxygens (including phenoxy) is 1. The molecule has 0 bridgehead atoms. The molecule has 0 aliphatic rings. The first-order valence-electron chi connectivity index (χ1n) is 5.33. The van der Waals surface area contributed by atoms with Crippen molar-refractivity contribution in [3.05, 3.63) is 35.4 Å². The van der Waals surface area contributed by atoms with Crippen molar-refractivity contribution in [2.45, 2.75) is 27.2 Å². The monoisotopic (exact) mass is 222 g/mol. The third-order valence-corrected chi connectivity index (χ3v) is 2.57. The zero-order valence-corrected chi connectivity index (χ0v) is 10.4. The highest BCUT2D eigenvalue weighted by Gasteiger charge is 2.02. The Morgan fingerprint density at radius 1 is 1.27 bits per heavy atom. The van der Waals surface area contributed by atoms with Gasteiger partial charge in [0.1, 0.15) is 0 Å². The minimum atomic E-state index is 0.607. The molecule has 82 valence electrons. The number of aryl methyl sites for hydroxylation is 1. The second kappa shape index (κ2) is 5.86. The molecule has 0 N–H and O–H groups in total. The van der Waals surface area contributed by atoms with Gasteiger partial charge >= 0.3 is 0 Å². The van der Waals surface area contributed by atoms with Gasteiger partial charge in [-0.2, -0.15) is 0 Å². The van der Waals surface area contributed by atoms with E-state index in [0.717, 1.165) is 12.0 Å². The quantitative estimate of drug-likeness (QED) is 0.718. The van der Waals surface area contributed by atoms with Crippen LogP contribution in [0.4, 0.5) is 0 Å². The molecule has 0 spiro atoms. The standard InChI is InChI=1S/C13H18OS/c1-10(2)8-9-14-13(15)12-6-4-11(3)5-7-12/h4-7,10H,8-9H2,1-3H3. The first-order valence-corrected chi connectivity index (χ1v) is 5.74. The Morgan fingerprint density at radius 2 is 1.87 bits per heavy atom. The molecule has 0 heterocycles. The maximum absolute atomic E-state index is 5.51. The summed E-state index contributed by atoms with van der Waals surface area (Å²) in [5.41, 5.74) is 2.24. The highest BCUT2D eigenvalue weighted by Crippen LogP contribution is 2.07. The molecule has 0 atom stereocenters. The molecule has 2 heteroatoms. The van der Waals surface area contributed by atoms with Gasteiger partial charge in [-0.25, -0.2) is 0 Å². The van der Waals surface area contributed by atoms with Gasteiger partial charge in [-0.15, -0.1) is 0 Å². The molecule has 15 heavy (non-hydrogen) atoms. The number of hydrogen-bond donors (Lipinski definition) is 0. The van der Waals surface area contributed by atoms with Crippen molar-refractivity contribution < 1.29 is 4.74 Å². The van der Waals surface area contributed by atoms with Crippen LogP contribution in [0.25, 0.3) is 0 Å². The molecule has 0 aliphatic heterocycles. The average molecular weight is 222 g/mol. The Labute approximate surface area is 97.5 Å². The molecule has 1 nitrogen and oxygen atoms in total. The van der Waals surface area contributed by atoms with E-state index in [0.29, 0.717) is 17.6 Å². The van der Waals surface area contributed by atoms with Crippen LogP contribution in [0.5, 0.6) is 0 Å². The lowest BCUT2D eigenvalue weighted by Crippen LogP contribution is -2.06. The Morgan fingerprint density at radius 3 is 2.40 bits per heavy atom. The largest absolute Gasteiger partial charge is 0.483 e. The van der Waals surface area contributed by atoms with E-state index in [1.807, 2.05) is 24.3 Å². The molecule has 0 fully saturated rings. The van der Waals surface area contributed by atoms with E-state index in [2.05, 4.69) is 20.8 Å². The minimum absolute atomic E-state index is 0.607. The van der Waals surface area contributed by atoms with E-state index in [9.17, 15) is 0 Å². The summed E-state index contributed by atoms with van der Waals surface area (Å²) < 4.78 is 5.51. The van der Waals surface area contributed by atoms with Crippen LogP contribution in [0.2, 0.25) is 0 Å². The van der Waals surface area contributed by atoms with Gasteiger partial charge < -0.3 is 4.74 Å². The van der Waals surface area contributed by atoms with E-state index in [1.54, 1.807) is 0 Å². The van der Waals surface area contributed by atoms with Crippen molar-refractivity contribution in [2.24, 2.45) is 5.92 Å². The Kier molecular flexibility index (Phi) is 4.76. The average Bonchev–Trinajstić information content (AvgIpc) is 2.18. The lowest BCUT2D eigenvalue weighted by Gasteiger charge is -2.09. The van der Waals surface area contributed by atoms with E-state index in [1.165, 1.54) is 5.56 Å². The fourth-order valence-corrected chi connectivity index (χ4v) is 1.38. The minimum Gasteiger partial charge on any atom is -0.483 e. The van der Waals surface area contributed by atoms with Crippen LogP contribution in [-0.4, -0.2) is 11.7 Å².